The number of thioether (sulfide) groups is 1. The van der Waals surface area contributed by atoms with Gasteiger partial charge in [0.2, 0.25) is 11.8 Å². The molecule has 2 aliphatic rings. The molecule has 2 amide bonds. The third kappa shape index (κ3) is 5.63. The maximum Gasteiger partial charge on any atom is 0.242 e. The van der Waals surface area contributed by atoms with Crippen LogP contribution in [0.25, 0.3) is 16.9 Å². The molecule has 4 heterocycles. The minimum Gasteiger partial charge on any atom is -0.497 e. The molecular weight excluding hydrogens is 576 g/mol. The molecule has 2 aromatic heterocycles. The number of fused-ring (bicyclic) bond motifs is 1. The topological polar surface area (TPSA) is 67.7 Å². The Morgan fingerprint density at radius 2 is 1.80 bits per heavy atom. The summed E-state index contributed by atoms with van der Waals surface area (Å²) >= 11 is 9.46. The Balaban J connectivity index is 1.54. The lowest BCUT2D eigenvalue weighted by molar-refractivity contribution is -0.132. The highest BCUT2D eigenvalue weighted by molar-refractivity contribution is 8.00. The molecule has 1 unspecified atom stereocenters. The van der Waals surface area contributed by atoms with Crippen molar-refractivity contribution in [2.45, 2.75) is 25.0 Å². The van der Waals surface area contributed by atoms with Gasteiger partial charge < -0.3 is 9.64 Å². The predicted molar refractivity (Wildman–Crippen MR) is 167 cm³/mol. The number of methoxy groups -OCH3 is 1. The number of halogens is 1. The third-order valence-electron chi connectivity index (χ3n) is 7.80. The molecule has 0 aliphatic carbocycles. The van der Waals surface area contributed by atoms with Crippen molar-refractivity contribution in [3.63, 3.8) is 0 Å². The highest BCUT2D eigenvalue weighted by atomic mass is 35.5. The zero-order valence-electron chi connectivity index (χ0n) is 23.0. The van der Waals surface area contributed by atoms with E-state index in [0.717, 1.165) is 59.8 Å². The lowest BCUT2D eigenvalue weighted by atomic mass is 9.99. The molecule has 2 aromatic carbocycles. The monoisotopic (exact) mass is 606 g/mol. The van der Waals surface area contributed by atoms with Gasteiger partial charge in [-0.25, -0.2) is 4.68 Å². The van der Waals surface area contributed by atoms with Crippen molar-refractivity contribution >= 4 is 52.3 Å². The van der Waals surface area contributed by atoms with E-state index >= 15 is 0 Å². The summed E-state index contributed by atoms with van der Waals surface area (Å²) in [5, 5.41) is 9.80. The van der Waals surface area contributed by atoms with Crippen molar-refractivity contribution in [3.05, 3.63) is 81.5 Å². The average molecular weight is 607 g/mol. The van der Waals surface area contributed by atoms with Crippen LogP contribution in [0.3, 0.4) is 0 Å². The third-order valence-corrected chi connectivity index (χ3v) is 10.0. The molecule has 2 aliphatic heterocycles. The van der Waals surface area contributed by atoms with Crippen LogP contribution in [0, 0.1) is 5.92 Å². The lowest BCUT2D eigenvalue weighted by Crippen LogP contribution is -2.46. The Hall–Kier alpha value is -3.27. The van der Waals surface area contributed by atoms with Crippen LogP contribution in [0.1, 0.15) is 36.1 Å². The van der Waals surface area contributed by atoms with Gasteiger partial charge in [0.15, 0.2) is 0 Å². The zero-order valence-corrected chi connectivity index (χ0v) is 25.3. The molecule has 0 saturated carbocycles. The van der Waals surface area contributed by atoms with Crippen LogP contribution in [-0.2, 0) is 9.59 Å². The molecule has 212 valence electrons. The normalized spacial score (nSPS) is 17.8. The van der Waals surface area contributed by atoms with Gasteiger partial charge >= 0.3 is 0 Å². The molecule has 0 spiro atoms. The summed E-state index contributed by atoms with van der Waals surface area (Å²) in [6.45, 7) is 3.63. The van der Waals surface area contributed by atoms with Gasteiger partial charge in [-0.15, -0.1) is 11.8 Å². The number of amides is 2. The van der Waals surface area contributed by atoms with E-state index < -0.39 is 0 Å². The maximum atomic E-state index is 13.9. The van der Waals surface area contributed by atoms with Gasteiger partial charge in [0.1, 0.15) is 18.1 Å². The SMILES string of the molecule is COc1ccc(-n2nc(-c3ccc(Cl)cc3)c3c2N(CC(=O)N2CCC(C)CC2)C(=O)CSC3c2ccsc2)cc1. The molecule has 1 atom stereocenters. The number of thiophene rings is 1. The van der Waals surface area contributed by atoms with Gasteiger partial charge in [-0.2, -0.15) is 16.4 Å². The number of rotatable bonds is 6. The Kier molecular flexibility index (Phi) is 8.10. The number of ether oxygens (including phenoxy) is 1. The smallest absolute Gasteiger partial charge is 0.242 e. The van der Waals surface area contributed by atoms with Gasteiger partial charge in [0.05, 0.1) is 29.5 Å². The number of anilines is 1. The number of carbonyl (C=O) groups excluding carboxylic acids is 2. The first kappa shape index (κ1) is 27.9. The standard InChI is InChI=1S/C31H31ClN4O3S2/c1-20-11-14-34(15-12-20)26(37)17-35-27(38)19-41-30(22-13-16-40-18-22)28-29(21-3-5-23(32)6-4-21)33-36(31(28)35)24-7-9-25(39-2)10-8-24/h3-10,13,16,18,20,30H,11-12,14-15,17,19H2,1-2H3. The second-order valence-electron chi connectivity index (χ2n) is 10.5. The second-order valence-corrected chi connectivity index (χ2v) is 12.8. The van der Waals surface area contributed by atoms with E-state index in [2.05, 4.69) is 23.8 Å². The van der Waals surface area contributed by atoms with Crippen molar-refractivity contribution in [2.75, 3.05) is 37.4 Å². The van der Waals surface area contributed by atoms with Crippen LogP contribution in [0.5, 0.6) is 5.75 Å². The van der Waals surface area contributed by atoms with Crippen LogP contribution >= 0.6 is 34.7 Å². The number of hydrogen-bond donors (Lipinski definition) is 0. The molecular formula is C31H31ClN4O3S2. The number of nitrogens with zero attached hydrogens (tertiary/aromatic N) is 4. The Bertz CT molecular complexity index is 1530. The zero-order chi connectivity index (χ0) is 28.5. The van der Waals surface area contributed by atoms with Gasteiger partial charge in [-0.3, -0.25) is 14.5 Å². The molecule has 4 aromatic rings. The van der Waals surface area contributed by atoms with Crippen molar-refractivity contribution < 1.29 is 14.3 Å². The molecule has 41 heavy (non-hydrogen) atoms. The summed E-state index contributed by atoms with van der Waals surface area (Å²) in [5.74, 6) is 2.06. The minimum atomic E-state index is -0.145. The fourth-order valence-electron chi connectivity index (χ4n) is 5.42. The van der Waals surface area contributed by atoms with E-state index in [-0.39, 0.29) is 29.4 Å². The van der Waals surface area contributed by atoms with Crippen molar-refractivity contribution in [3.8, 4) is 22.7 Å². The van der Waals surface area contributed by atoms with Crippen LogP contribution in [0.4, 0.5) is 5.82 Å². The van der Waals surface area contributed by atoms with Crippen molar-refractivity contribution in [1.29, 1.82) is 0 Å². The van der Waals surface area contributed by atoms with Crippen LogP contribution in [0.15, 0.2) is 65.4 Å². The first-order valence-electron chi connectivity index (χ1n) is 13.7. The fraction of sp³-hybridized carbons (Fsp3) is 0.323. The van der Waals surface area contributed by atoms with E-state index in [0.29, 0.717) is 16.8 Å². The molecule has 0 bridgehead atoms. The summed E-state index contributed by atoms with van der Waals surface area (Å²) in [6, 6.07) is 17.3. The summed E-state index contributed by atoms with van der Waals surface area (Å²) < 4.78 is 7.21. The van der Waals surface area contributed by atoms with E-state index in [1.54, 1.807) is 35.1 Å². The molecule has 7 nitrogen and oxygen atoms in total. The number of benzene rings is 2. The Morgan fingerprint density at radius 1 is 1.07 bits per heavy atom. The lowest BCUT2D eigenvalue weighted by Gasteiger charge is -2.32. The number of hydrogen-bond acceptors (Lipinski definition) is 6. The van der Waals surface area contributed by atoms with Crippen LogP contribution in [0.2, 0.25) is 5.02 Å². The Morgan fingerprint density at radius 3 is 2.46 bits per heavy atom. The number of carbonyl (C=O) groups is 2. The summed E-state index contributed by atoms with van der Waals surface area (Å²) in [4.78, 5) is 31.1. The summed E-state index contributed by atoms with van der Waals surface area (Å²) in [5.41, 5.74) is 4.45. The highest BCUT2D eigenvalue weighted by Crippen LogP contribution is 2.49. The minimum absolute atomic E-state index is 0.0287. The number of aromatic nitrogens is 2. The average Bonchev–Trinajstić information content (AvgIpc) is 3.63. The molecule has 0 radical (unpaired) electrons. The van der Waals surface area contributed by atoms with Crippen LogP contribution in [-0.4, -0.2) is 59.0 Å². The van der Waals surface area contributed by atoms with Crippen molar-refractivity contribution in [1.82, 2.24) is 14.7 Å². The molecule has 6 rings (SSSR count). The first-order valence-corrected chi connectivity index (χ1v) is 16.0. The summed E-state index contributed by atoms with van der Waals surface area (Å²) in [7, 11) is 1.63. The number of likely N-dealkylation sites (tertiary alicyclic amines) is 1. The Labute approximate surface area is 253 Å². The summed E-state index contributed by atoms with van der Waals surface area (Å²) in [6.07, 6.45) is 1.96. The van der Waals surface area contributed by atoms with E-state index in [4.69, 9.17) is 21.4 Å². The van der Waals surface area contributed by atoms with E-state index in [9.17, 15) is 9.59 Å². The molecule has 1 fully saturated rings. The van der Waals surface area contributed by atoms with Crippen LogP contribution < -0.4 is 9.64 Å². The largest absolute Gasteiger partial charge is 0.497 e. The second kappa shape index (κ2) is 11.9. The first-order chi connectivity index (χ1) is 19.9. The highest BCUT2D eigenvalue weighted by Gasteiger charge is 2.38. The van der Waals surface area contributed by atoms with Gasteiger partial charge in [-0.1, -0.05) is 30.7 Å². The van der Waals surface area contributed by atoms with Gasteiger partial charge in [0.25, 0.3) is 0 Å². The van der Waals surface area contributed by atoms with Gasteiger partial charge in [0, 0.05) is 29.2 Å². The molecule has 10 heteroatoms. The molecule has 1 saturated heterocycles. The maximum absolute atomic E-state index is 13.9. The number of piperidine rings is 1. The predicted octanol–water partition coefficient (Wildman–Crippen LogP) is 6.69. The quantitative estimate of drug-likeness (QED) is 0.245. The van der Waals surface area contributed by atoms with E-state index in [1.165, 1.54) is 0 Å². The van der Waals surface area contributed by atoms with Crippen molar-refractivity contribution in [2.24, 2.45) is 5.92 Å². The van der Waals surface area contributed by atoms with E-state index in [1.807, 2.05) is 58.1 Å². The fourth-order valence-corrected chi connectivity index (χ4v) is 7.51. The van der Waals surface area contributed by atoms with Gasteiger partial charge in [-0.05, 0) is 77.5 Å². The molecule has 0 N–H and O–H groups in total.